The van der Waals surface area contributed by atoms with E-state index >= 15 is 0 Å². The first-order chi connectivity index (χ1) is 6.99. The van der Waals surface area contributed by atoms with Crippen LogP contribution in [0.15, 0.2) is 0 Å². The van der Waals surface area contributed by atoms with Gasteiger partial charge in [0.2, 0.25) is 0 Å². The molecule has 0 spiro atoms. The Hall–Kier alpha value is 0.0700. The van der Waals surface area contributed by atoms with Crippen molar-refractivity contribution in [1.29, 1.82) is 0 Å². The highest BCUT2D eigenvalue weighted by molar-refractivity contribution is 7.47. The summed E-state index contributed by atoms with van der Waals surface area (Å²) in [6.45, 7) is 2.59. The van der Waals surface area contributed by atoms with E-state index in [-0.39, 0.29) is 19.3 Å². The fourth-order valence-electron chi connectivity index (χ4n) is 1.72. The third-order valence-electron chi connectivity index (χ3n) is 2.54. The third-order valence-corrected chi connectivity index (χ3v) is 3.56. The fraction of sp³-hybridized carbons (Fsp3) is 1.00. The minimum atomic E-state index is -3.83. The summed E-state index contributed by atoms with van der Waals surface area (Å²) in [6.07, 6.45) is 3.26. The van der Waals surface area contributed by atoms with E-state index < -0.39 is 7.82 Å². The average Bonchev–Trinajstić information content (AvgIpc) is 2.13. The maximum absolute atomic E-state index is 11.2. The lowest BCUT2D eigenvalue weighted by Crippen LogP contribution is -2.24. The van der Waals surface area contributed by atoms with Gasteiger partial charge in [0.1, 0.15) is 0 Å². The lowest BCUT2D eigenvalue weighted by Gasteiger charge is -2.15. The molecule has 0 saturated carbocycles. The Morgan fingerprint density at radius 3 is 2.73 bits per heavy atom. The lowest BCUT2D eigenvalue weighted by atomic mass is 9.96. The third kappa shape index (κ3) is 5.64. The SMILES string of the molecule is C[C@@H]1CCCOP(=O)(O)OCC[C@@H](N)C1. The molecule has 0 amide bonds. The normalized spacial score (nSPS) is 40.7. The van der Waals surface area contributed by atoms with Gasteiger partial charge < -0.3 is 10.6 Å². The van der Waals surface area contributed by atoms with Gasteiger partial charge in [0.15, 0.2) is 0 Å². The van der Waals surface area contributed by atoms with E-state index in [1.165, 1.54) is 0 Å². The summed E-state index contributed by atoms with van der Waals surface area (Å²) in [5.74, 6) is 0.528. The summed E-state index contributed by atoms with van der Waals surface area (Å²) in [5.41, 5.74) is 5.86. The van der Waals surface area contributed by atoms with Gasteiger partial charge in [0.05, 0.1) is 13.2 Å². The molecular formula is C9H20NO4P. The molecular weight excluding hydrogens is 217 g/mol. The first-order valence-corrected chi connectivity index (χ1v) is 6.86. The predicted molar refractivity (Wildman–Crippen MR) is 57.3 cm³/mol. The molecule has 1 rings (SSSR count). The fourth-order valence-corrected chi connectivity index (χ4v) is 2.49. The molecule has 0 aromatic heterocycles. The largest absolute Gasteiger partial charge is 0.472 e. The van der Waals surface area contributed by atoms with Crippen molar-refractivity contribution in [2.24, 2.45) is 11.7 Å². The maximum atomic E-state index is 11.2. The Balaban J connectivity index is 2.47. The first kappa shape index (κ1) is 13.1. The maximum Gasteiger partial charge on any atom is 0.472 e. The van der Waals surface area contributed by atoms with E-state index in [0.717, 1.165) is 19.3 Å². The van der Waals surface area contributed by atoms with Crippen LogP contribution in [0.3, 0.4) is 0 Å². The number of rotatable bonds is 0. The Bertz CT molecular complexity index is 236. The molecule has 1 unspecified atom stereocenters. The van der Waals surface area contributed by atoms with Gasteiger partial charge >= 0.3 is 7.82 Å². The van der Waals surface area contributed by atoms with Gasteiger partial charge in [-0.1, -0.05) is 6.92 Å². The van der Waals surface area contributed by atoms with Crippen molar-refractivity contribution in [2.45, 2.75) is 38.6 Å². The van der Waals surface area contributed by atoms with Crippen molar-refractivity contribution in [3.05, 3.63) is 0 Å². The highest BCUT2D eigenvalue weighted by Crippen LogP contribution is 2.43. The van der Waals surface area contributed by atoms with Crippen molar-refractivity contribution < 1.29 is 18.5 Å². The van der Waals surface area contributed by atoms with Gasteiger partial charge in [-0.15, -0.1) is 0 Å². The molecule has 0 aromatic rings. The Kier molecular flexibility index (Phi) is 5.23. The van der Waals surface area contributed by atoms with Crippen molar-refractivity contribution in [3.8, 4) is 0 Å². The second-order valence-electron chi connectivity index (χ2n) is 4.17. The van der Waals surface area contributed by atoms with E-state index in [0.29, 0.717) is 12.3 Å². The van der Waals surface area contributed by atoms with Gasteiger partial charge in [0.25, 0.3) is 0 Å². The summed E-state index contributed by atoms with van der Waals surface area (Å²) in [5, 5.41) is 0. The molecule has 0 aliphatic carbocycles. The zero-order chi connectivity index (χ0) is 11.3. The molecule has 6 heteroatoms. The highest BCUT2D eigenvalue weighted by atomic mass is 31.2. The zero-order valence-corrected chi connectivity index (χ0v) is 9.99. The summed E-state index contributed by atoms with van der Waals surface area (Å²) in [6, 6.07) is 0.0399. The molecule has 1 aliphatic rings. The van der Waals surface area contributed by atoms with Crippen LogP contribution in [0.4, 0.5) is 0 Å². The Labute approximate surface area is 90.6 Å². The summed E-state index contributed by atoms with van der Waals surface area (Å²) in [4.78, 5) is 9.21. The lowest BCUT2D eigenvalue weighted by molar-refractivity contribution is 0.146. The Morgan fingerprint density at radius 1 is 1.33 bits per heavy atom. The van der Waals surface area contributed by atoms with E-state index in [1.807, 2.05) is 0 Å². The van der Waals surface area contributed by atoms with Gasteiger partial charge in [0, 0.05) is 6.04 Å². The monoisotopic (exact) mass is 237 g/mol. The first-order valence-electron chi connectivity index (χ1n) is 5.37. The van der Waals surface area contributed by atoms with Crippen molar-refractivity contribution >= 4 is 7.82 Å². The van der Waals surface area contributed by atoms with Crippen LogP contribution >= 0.6 is 7.82 Å². The van der Waals surface area contributed by atoms with Crippen LogP contribution in [0.1, 0.15) is 32.6 Å². The molecule has 1 fully saturated rings. The second kappa shape index (κ2) is 5.97. The van der Waals surface area contributed by atoms with E-state index in [9.17, 15) is 9.46 Å². The van der Waals surface area contributed by atoms with Gasteiger partial charge in [-0.05, 0) is 31.6 Å². The average molecular weight is 237 g/mol. The number of phosphoric acid groups is 1. The molecule has 3 N–H and O–H groups in total. The van der Waals surface area contributed by atoms with Gasteiger partial charge in [-0.3, -0.25) is 9.05 Å². The molecule has 1 heterocycles. The minimum Gasteiger partial charge on any atom is -0.328 e. The summed E-state index contributed by atoms with van der Waals surface area (Å²) in [7, 11) is -3.83. The Morgan fingerprint density at radius 2 is 2.00 bits per heavy atom. The highest BCUT2D eigenvalue weighted by Gasteiger charge is 2.22. The van der Waals surface area contributed by atoms with Crippen molar-refractivity contribution in [2.75, 3.05) is 13.2 Å². The molecule has 90 valence electrons. The number of hydrogen-bond acceptors (Lipinski definition) is 4. The summed E-state index contributed by atoms with van der Waals surface area (Å²) >= 11 is 0. The van der Waals surface area contributed by atoms with E-state index in [1.54, 1.807) is 0 Å². The molecule has 15 heavy (non-hydrogen) atoms. The van der Waals surface area contributed by atoms with Crippen molar-refractivity contribution in [3.63, 3.8) is 0 Å². The molecule has 5 nitrogen and oxygen atoms in total. The van der Waals surface area contributed by atoms with Crippen molar-refractivity contribution in [1.82, 2.24) is 0 Å². The molecule has 1 aliphatic heterocycles. The number of hydrogen-bond donors (Lipinski definition) is 2. The van der Waals surface area contributed by atoms with Crippen LogP contribution in [-0.2, 0) is 13.6 Å². The topological polar surface area (TPSA) is 81.8 Å². The minimum absolute atomic E-state index is 0.0399. The number of nitrogens with two attached hydrogens (primary N) is 1. The van der Waals surface area contributed by atoms with Crippen LogP contribution in [0, 0.1) is 5.92 Å². The van der Waals surface area contributed by atoms with Gasteiger partial charge in [-0.2, -0.15) is 0 Å². The summed E-state index contributed by atoms with van der Waals surface area (Å²) < 4.78 is 20.8. The molecule has 0 radical (unpaired) electrons. The molecule has 0 bridgehead atoms. The smallest absolute Gasteiger partial charge is 0.328 e. The molecule has 1 saturated heterocycles. The quantitative estimate of drug-likeness (QED) is 0.626. The van der Waals surface area contributed by atoms with E-state index in [2.05, 4.69) is 6.92 Å². The predicted octanol–water partition coefficient (Wildman–Crippen LogP) is 1.66. The van der Waals surface area contributed by atoms with Crippen LogP contribution in [0.25, 0.3) is 0 Å². The molecule has 0 aromatic carbocycles. The van der Waals surface area contributed by atoms with Crippen LogP contribution in [0.5, 0.6) is 0 Å². The standard InChI is InChI=1S/C9H20NO4P/c1-8-3-2-5-13-15(11,12)14-6-4-9(10)7-8/h8-9H,2-7,10H2,1H3,(H,11,12)/t8-,9-/m1/s1. The number of phosphoric ester groups is 1. The van der Waals surface area contributed by atoms with Crippen LogP contribution < -0.4 is 5.73 Å². The van der Waals surface area contributed by atoms with Crippen LogP contribution in [-0.4, -0.2) is 24.1 Å². The zero-order valence-electron chi connectivity index (χ0n) is 9.09. The van der Waals surface area contributed by atoms with E-state index in [4.69, 9.17) is 14.8 Å². The van der Waals surface area contributed by atoms with Gasteiger partial charge in [-0.25, -0.2) is 4.57 Å². The molecule has 3 atom stereocenters. The second-order valence-corrected chi connectivity index (χ2v) is 5.62. The van der Waals surface area contributed by atoms with Crippen LogP contribution in [0.2, 0.25) is 0 Å².